The fourth-order valence-electron chi connectivity index (χ4n) is 3.78. The number of hydrogen-bond donors (Lipinski definition) is 2. The SMILES string of the molecule is CCOC(=O)c1sc(NC(=O)c2ccc(NC3=C(Cl)C(=O)N(c4cc(C)cc(C)c4)C3=O)cc2)nc1C. The normalized spacial score (nSPS) is 13.3. The molecule has 2 aromatic carbocycles. The number of nitrogens with one attached hydrogen (secondary N) is 2. The van der Waals surface area contributed by atoms with Crippen molar-refractivity contribution in [3.05, 3.63) is 80.5 Å². The van der Waals surface area contributed by atoms with Crippen LogP contribution in [0, 0.1) is 20.8 Å². The monoisotopic (exact) mass is 538 g/mol. The molecule has 0 unspecified atom stereocenters. The van der Waals surface area contributed by atoms with Crippen LogP contribution in [0.5, 0.6) is 0 Å². The molecule has 0 bridgehead atoms. The lowest BCUT2D eigenvalue weighted by atomic mass is 10.1. The molecule has 2 N–H and O–H groups in total. The zero-order chi connectivity index (χ0) is 26.9. The van der Waals surface area contributed by atoms with Crippen molar-refractivity contribution in [2.75, 3.05) is 22.1 Å². The van der Waals surface area contributed by atoms with E-state index in [0.717, 1.165) is 27.4 Å². The third-order valence-corrected chi connectivity index (χ3v) is 6.79. The van der Waals surface area contributed by atoms with Gasteiger partial charge in [0.2, 0.25) is 0 Å². The van der Waals surface area contributed by atoms with Crippen LogP contribution < -0.4 is 15.5 Å². The summed E-state index contributed by atoms with van der Waals surface area (Å²) >= 11 is 7.26. The van der Waals surface area contributed by atoms with E-state index in [1.165, 1.54) is 0 Å². The number of benzene rings is 2. The second-order valence-electron chi connectivity index (χ2n) is 8.29. The van der Waals surface area contributed by atoms with Crippen molar-refractivity contribution in [3.8, 4) is 0 Å². The summed E-state index contributed by atoms with van der Waals surface area (Å²) in [7, 11) is 0. The first-order valence-corrected chi connectivity index (χ1v) is 12.5. The maximum atomic E-state index is 13.0. The predicted molar refractivity (Wildman–Crippen MR) is 142 cm³/mol. The molecule has 1 aliphatic heterocycles. The molecule has 2 heterocycles. The number of esters is 1. The van der Waals surface area contributed by atoms with Crippen molar-refractivity contribution in [1.82, 2.24) is 4.98 Å². The Morgan fingerprint density at radius 3 is 2.30 bits per heavy atom. The highest BCUT2D eigenvalue weighted by Gasteiger charge is 2.39. The summed E-state index contributed by atoms with van der Waals surface area (Å²) in [4.78, 5) is 56.0. The van der Waals surface area contributed by atoms with Gasteiger partial charge in [-0.15, -0.1) is 0 Å². The van der Waals surface area contributed by atoms with Gasteiger partial charge in [0.1, 0.15) is 15.6 Å². The van der Waals surface area contributed by atoms with E-state index < -0.39 is 23.7 Å². The Bertz CT molecular complexity index is 1440. The molecule has 0 fully saturated rings. The molecule has 4 rings (SSSR count). The molecular weight excluding hydrogens is 516 g/mol. The molecule has 37 heavy (non-hydrogen) atoms. The van der Waals surface area contributed by atoms with E-state index in [9.17, 15) is 19.2 Å². The van der Waals surface area contributed by atoms with Crippen LogP contribution in [0.25, 0.3) is 0 Å². The highest BCUT2D eigenvalue weighted by atomic mass is 35.5. The molecule has 0 spiro atoms. The average Bonchev–Trinajstić information content (AvgIpc) is 3.30. The van der Waals surface area contributed by atoms with Crippen molar-refractivity contribution < 1.29 is 23.9 Å². The fraction of sp³-hybridized carbons (Fsp3) is 0.192. The number of thiazole rings is 1. The van der Waals surface area contributed by atoms with Crippen molar-refractivity contribution in [2.24, 2.45) is 0 Å². The number of aryl methyl sites for hydroxylation is 3. The van der Waals surface area contributed by atoms with Gasteiger partial charge in [-0.3, -0.25) is 19.7 Å². The zero-order valence-corrected chi connectivity index (χ0v) is 22.0. The van der Waals surface area contributed by atoms with E-state index in [1.54, 1.807) is 50.2 Å². The fourth-order valence-corrected chi connectivity index (χ4v) is 4.85. The number of anilines is 3. The first kappa shape index (κ1) is 26.1. The maximum Gasteiger partial charge on any atom is 0.350 e. The molecule has 9 nitrogen and oxygen atoms in total. The van der Waals surface area contributed by atoms with Crippen LogP contribution in [0.1, 0.15) is 43.8 Å². The third kappa shape index (κ3) is 5.40. The van der Waals surface area contributed by atoms with Gasteiger partial charge in [0.25, 0.3) is 17.7 Å². The number of imide groups is 1. The topological polar surface area (TPSA) is 118 Å². The van der Waals surface area contributed by atoms with E-state index in [1.807, 2.05) is 19.9 Å². The van der Waals surface area contributed by atoms with Crippen LogP contribution in [-0.4, -0.2) is 35.3 Å². The van der Waals surface area contributed by atoms with Gasteiger partial charge in [0, 0.05) is 11.3 Å². The summed E-state index contributed by atoms with van der Waals surface area (Å²) in [6.07, 6.45) is 0. The van der Waals surface area contributed by atoms with E-state index in [0.29, 0.717) is 27.5 Å². The van der Waals surface area contributed by atoms with Crippen LogP contribution in [0.15, 0.2) is 53.2 Å². The van der Waals surface area contributed by atoms with E-state index >= 15 is 0 Å². The Kier molecular flexibility index (Phi) is 7.42. The third-order valence-electron chi connectivity index (χ3n) is 5.39. The predicted octanol–water partition coefficient (Wildman–Crippen LogP) is 4.93. The molecule has 0 atom stereocenters. The van der Waals surface area contributed by atoms with Gasteiger partial charge in [-0.05, 0) is 75.2 Å². The Balaban J connectivity index is 1.46. The minimum Gasteiger partial charge on any atom is -0.462 e. The van der Waals surface area contributed by atoms with E-state index in [2.05, 4.69) is 15.6 Å². The number of amides is 3. The number of nitrogens with zero attached hydrogens (tertiary/aromatic N) is 2. The lowest BCUT2D eigenvalue weighted by molar-refractivity contribution is -0.120. The van der Waals surface area contributed by atoms with Gasteiger partial charge in [-0.1, -0.05) is 29.0 Å². The Hall–Kier alpha value is -4.02. The highest BCUT2D eigenvalue weighted by molar-refractivity contribution is 7.17. The number of ether oxygens (including phenoxy) is 1. The van der Waals surface area contributed by atoms with Gasteiger partial charge < -0.3 is 10.1 Å². The molecule has 1 aliphatic rings. The van der Waals surface area contributed by atoms with Gasteiger partial charge in [0.15, 0.2) is 5.13 Å². The second-order valence-corrected chi connectivity index (χ2v) is 9.67. The van der Waals surface area contributed by atoms with E-state index in [-0.39, 0.29) is 22.5 Å². The number of carbonyl (C=O) groups is 4. The molecule has 0 aliphatic carbocycles. The van der Waals surface area contributed by atoms with Crippen LogP contribution in [0.2, 0.25) is 0 Å². The van der Waals surface area contributed by atoms with Crippen LogP contribution in [0.4, 0.5) is 16.5 Å². The molecule has 0 saturated carbocycles. The summed E-state index contributed by atoms with van der Waals surface area (Å²) in [5.41, 5.74) is 3.46. The summed E-state index contributed by atoms with van der Waals surface area (Å²) in [6.45, 7) is 7.37. The molecule has 0 saturated heterocycles. The lowest BCUT2D eigenvalue weighted by Crippen LogP contribution is -2.32. The summed E-state index contributed by atoms with van der Waals surface area (Å²) in [5, 5.41) is 5.61. The van der Waals surface area contributed by atoms with Crippen molar-refractivity contribution >= 4 is 63.1 Å². The maximum absolute atomic E-state index is 13.0. The summed E-state index contributed by atoms with van der Waals surface area (Å²) in [5.74, 6) is -2.10. The number of halogens is 1. The number of hydrogen-bond acceptors (Lipinski definition) is 8. The van der Waals surface area contributed by atoms with Crippen LogP contribution in [0.3, 0.4) is 0 Å². The standard InChI is InChI=1S/C26H23ClN4O5S/c1-5-36-25(35)21-15(4)28-26(37-21)30-22(32)16-6-8-17(9-7-16)29-20-19(27)23(33)31(24(20)34)18-11-13(2)10-14(3)12-18/h6-12,29H,5H2,1-4H3,(H,28,30,32). The largest absolute Gasteiger partial charge is 0.462 e. The zero-order valence-electron chi connectivity index (χ0n) is 20.5. The number of rotatable bonds is 7. The summed E-state index contributed by atoms with van der Waals surface area (Å²) in [6, 6.07) is 11.7. The van der Waals surface area contributed by atoms with Crippen molar-refractivity contribution in [3.63, 3.8) is 0 Å². The molecule has 3 aromatic rings. The van der Waals surface area contributed by atoms with Gasteiger partial charge in [-0.25, -0.2) is 14.7 Å². The van der Waals surface area contributed by atoms with Gasteiger partial charge in [-0.2, -0.15) is 0 Å². The van der Waals surface area contributed by atoms with Crippen molar-refractivity contribution in [2.45, 2.75) is 27.7 Å². The molecule has 0 radical (unpaired) electrons. The smallest absolute Gasteiger partial charge is 0.350 e. The van der Waals surface area contributed by atoms with Gasteiger partial charge in [0.05, 0.1) is 18.0 Å². The molecule has 3 amide bonds. The lowest BCUT2D eigenvalue weighted by Gasteiger charge is -2.16. The molecular formula is C26H23ClN4O5S. The Morgan fingerprint density at radius 1 is 1.03 bits per heavy atom. The Morgan fingerprint density at radius 2 is 1.68 bits per heavy atom. The van der Waals surface area contributed by atoms with Crippen molar-refractivity contribution in [1.29, 1.82) is 0 Å². The molecule has 11 heteroatoms. The first-order chi connectivity index (χ1) is 17.6. The molecule has 190 valence electrons. The number of carbonyl (C=O) groups excluding carboxylic acids is 4. The van der Waals surface area contributed by atoms with Crippen LogP contribution in [-0.2, 0) is 14.3 Å². The van der Waals surface area contributed by atoms with Gasteiger partial charge >= 0.3 is 5.97 Å². The highest BCUT2D eigenvalue weighted by Crippen LogP contribution is 2.31. The summed E-state index contributed by atoms with van der Waals surface area (Å²) < 4.78 is 4.99. The minimum atomic E-state index is -0.615. The first-order valence-electron chi connectivity index (χ1n) is 11.3. The minimum absolute atomic E-state index is 0.0483. The Labute approximate surface area is 222 Å². The average molecular weight is 539 g/mol. The van der Waals surface area contributed by atoms with E-state index in [4.69, 9.17) is 16.3 Å². The molecule has 1 aromatic heterocycles. The van der Waals surface area contributed by atoms with Crippen LogP contribution >= 0.6 is 22.9 Å². The second kappa shape index (κ2) is 10.5. The quantitative estimate of drug-likeness (QED) is 0.323. The number of aromatic nitrogens is 1.